The summed E-state index contributed by atoms with van der Waals surface area (Å²) < 4.78 is 1.50. The third-order valence-electron chi connectivity index (χ3n) is 4.68. The number of carbonyl (C=O) groups is 1. The largest absolute Gasteiger partial charge is 0.298 e. The van der Waals surface area contributed by atoms with E-state index in [1.807, 2.05) is 61.7 Å². The molecule has 7 heteroatoms. The molecule has 0 aliphatic rings. The van der Waals surface area contributed by atoms with Crippen molar-refractivity contribution < 1.29 is 4.79 Å². The number of rotatable bonds is 5. The van der Waals surface area contributed by atoms with Gasteiger partial charge in [0.05, 0.1) is 28.6 Å². The van der Waals surface area contributed by atoms with Crippen LogP contribution in [0.15, 0.2) is 65.0 Å². The SMILES string of the molecule is Cc1csc(N(C(=O)CCn2cnc3c(C)cccc3c2=O)c2ccccc2)n1. The van der Waals surface area contributed by atoms with E-state index in [9.17, 15) is 9.59 Å². The molecule has 146 valence electrons. The second kappa shape index (κ2) is 7.97. The quantitative estimate of drug-likeness (QED) is 0.499. The molecule has 0 N–H and O–H groups in total. The van der Waals surface area contributed by atoms with Crippen LogP contribution in [-0.4, -0.2) is 20.4 Å². The van der Waals surface area contributed by atoms with Crippen molar-refractivity contribution in [3.63, 3.8) is 0 Å². The average molecular weight is 404 g/mol. The Balaban J connectivity index is 1.61. The molecule has 6 nitrogen and oxygen atoms in total. The summed E-state index contributed by atoms with van der Waals surface area (Å²) in [5.74, 6) is -0.123. The fourth-order valence-corrected chi connectivity index (χ4v) is 4.05. The van der Waals surface area contributed by atoms with Crippen molar-refractivity contribution in [2.45, 2.75) is 26.8 Å². The number of benzene rings is 2. The predicted octanol–water partition coefficient (Wildman–Crippen LogP) is 4.22. The lowest BCUT2D eigenvalue weighted by molar-refractivity contribution is -0.118. The summed E-state index contributed by atoms with van der Waals surface area (Å²) in [5.41, 5.74) is 3.14. The smallest absolute Gasteiger partial charge is 0.261 e. The van der Waals surface area contributed by atoms with Gasteiger partial charge in [-0.2, -0.15) is 0 Å². The summed E-state index contributed by atoms with van der Waals surface area (Å²) in [6, 6.07) is 15.0. The molecule has 2 aromatic heterocycles. The van der Waals surface area contributed by atoms with E-state index in [1.54, 1.807) is 11.0 Å². The molecule has 0 atom stereocenters. The normalized spacial score (nSPS) is 11.0. The first-order valence-electron chi connectivity index (χ1n) is 9.29. The van der Waals surface area contributed by atoms with E-state index in [0.717, 1.165) is 16.9 Å². The van der Waals surface area contributed by atoms with Gasteiger partial charge < -0.3 is 0 Å². The lowest BCUT2D eigenvalue weighted by Gasteiger charge is -2.20. The lowest BCUT2D eigenvalue weighted by Crippen LogP contribution is -2.29. The Morgan fingerprint density at radius 3 is 2.62 bits per heavy atom. The standard InChI is InChI=1S/C22H20N4O2S/c1-15-7-6-10-18-20(15)23-14-25(21(18)28)12-11-19(27)26(17-8-4-3-5-9-17)22-24-16(2)13-29-22/h3-10,13-14H,11-12H2,1-2H3. The summed E-state index contributed by atoms with van der Waals surface area (Å²) in [7, 11) is 0. The molecule has 0 saturated heterocycles. The number of aromatic nitrogens is 3. The number of anilines is 2. The number of hydrogen-bond donors (Lipinski definition) is 0. The van der Waals surface area contributed by atoms with Gasteiger partial charge in [-0.3, -0.25) is 19.1 Å². The van der Waals surface area contributed by atoms with E-state index in [4.69, 9.17) is 0 Å². The minimum absolute atomic E-state index is 0.123. The molecule has 2 aromatic carbocycles. The molecule has 4 rings (SSSR count). The fraction of sp³-hybridized carbons (Fsp3) is 0.182. The van der Waals surface area contributed by atoms with Crippen LogP contribution in [0.3, 0.4) is 0 Å². The fourth-order valence-electron chi connectivity index (χ4n) is 3.21. The van der Waals surface area contributed by atoms with Crippen molar-refractivity contribution in [2.24, 2.45) is 0 Å². The van der Waals surface area contributed by atoms with Crippen molar-refractivity contribution in [1.82, 2.24) is 14.5 Å². The van der Waals surface area contributed by atoms with Crippen LogP contribution in [0.2, 0.25) is 0 Å². The monoisotopic (exact) mass is 404 g/mol. The van der Waals surface area contributed by atoms with Crippen LogP contribution < -0.4 is 10.5 Å². The van der Waals surface area contributed by atoms with Crippen LogP contribution in [-0.2, 0) is 11.3 Å². The van der Waals surface area contributed by atoms with E-state index < -0.39 is 0 Å². The predicted molar refractivity (Wildman–Crippen MR) is 116 cm³/mol. The number of aryl methyl sites for hydroxylation is 3. The van der Waals surface area contributed by atoms with Crippen molar-refractivity contribution in [3.05, 3.63) is 81.8 Å². The number of nitrogens with zero attached hydrogens (tertiary/aromatic N) is 4. The molecule has 0 bridgehead atoms. The highest BCUT2D eigenvalue weighted by molar-refractivity contribution is 7.14. The zero-order valence-corrected chi connectivity index (χ0v) is 17.0. The molecule has 0 aliphatic carbocycles. The van der Waals surface area contributed by atoms with Gasteiger partial charge in [0.15, 0.2) is 5.13 Å². The second-order valence-electron chi connectivity index (χ2n) is 6.80. The zero-order chi connectivity index (χ0) is 20.4. The number of para-hydroxylation sites is 2. The van der Waals surface area contributed by atoms with Gasteiger partial charge in [0.1, 0.15) is 0 Å². The number of fused-ring (bicyclic) bond motifs is 1. The Morgan fingerprint density at radius 1 is 1.10 bits per heavy atom. The summed E-state index contributed by atoms with van der Waals surface area (Å²) in [6.45, 7) is 4.08. The van der Waals surface area contributed by atoms with Crippen molar-refractivity contribution in [2.75, 3.05) is 4.90 Å². The maximum atomic E-state index is 13.1. The molecule has 0 radical (unpaired) electrons. The summed E-state index contributed by atoms with van der Waals surface area (Å²) >= 11 is 1.42. The van der Waals surface area contributed by atoms with Crippen LogP contribution >= 0.6 is 11.3 Å². The molecule has 29 heavy (non-hydrogen) atoms. The first kappa shape index (κ1) is 19.0. The molecule has 0 spiro atoms. The van der Waals surface area contributed by atoms with Gasteiger partial charge in [0.25, 0.3) is 5.56 Å². The van der Waals surface area contributed by atoms with Gasteiger partial charge in [-0.1, -0.05) is 30.3 Å². The molecular formula is C22H20N4O2S. The molecular weight excluding hydrogens is 384 g/mol. The third kappa shape index (κ3) is 3.82. The molecule has 2 heterocycles. The van der Waals surface area contributed by atoms with Crippen molar-refractivity contribution >= 4 is 39.0 Å². The highest BCUT2D eigenvalue weighted by Gasteiger charge is 2.21. The van der Waals surface area contributed by atoms with E-state index in [-0.39, 0.29) is 24.4 Å². The summed E-state index contributed by atoms with van der Waals surface area (Å²) in [4.78, 5) is 36.4. The molecule has 0 unspecified atom stereocenters. The first-order valence-corrected chi connectivity index (χ1v) is 10.2. The van der Waals surface area contributed by atoms with Crippen LogP contribution in [0.5, 0.6) is 0 Å². The number of thiazole rings is 1. The molecule has 0 fully saturated rings. The van der Waals surface area contributed by atoms with Crippen molar-refractivity contribution in [3.8, 4) is 0 Å². The Kier molecular flexibility index (Phi) is 5.22. The van der Waals surface area contributed by atoms with Gasteiger partial charge in [0, 0.05) is 18.3 Å². The minimum Gasteiger partial charge on any atom is -0.298 e. The summed E-state index contributed by atoms with van der Waals surface area (Å²) in [5, 5.41) is 3.10. The lowest BCUT2D eigenvalue weighted by atomic mass is 10.1. The third-order valence-corrected chi connectivity index (χ3v) is 5.63. The highest BCUT2D eigenvalue weighted by atomic mass is 32.1. The Labute approximate surface area is 172 Å². The van der Waals surface area contributed by atoms with Crippen LogP contribution in [0, 0.1) is 13.8 Å². The van der Waals surface area contributed by atoms with E-state index >= 15 is 0 Å². The highest BCUT2D eigenvalue weighted by Crippen LogP contribution is 2.29. The minimum atomic E-state index is -0.136. The van der Waals surface area contributed by atoms with Gasteiger partial charge in [-0.05, 0) is 37.6 Å². The Bertz CT molecular complexity index is 1230. The summed E-state index contributed by atoms with van der Waals surface area (Å²) in [6.07, 6.45) is 1.68. The number of hydrogen-bond acceptors (Lipinski definition) is 5. The van der Waals surface area contributed by atoms with E-state index in [1.165, 1.54) is 22.2 Å². The van der Waals surface area contributed by atoms with E-state index in [2.05, 4.69) is 9.97 Å². The molecule has 0 saturated carbocycles. The van der Waals surface area contributed by atoms with Gasteiger partial charge in [0.2, 0.25) is 5.91 Å². The number of amides is 1. The maximum absolute atomic E-state index is 13.1. The van der Waals surface area contributed by atoms with Gasteiger partial charge in [-0.25, -0.2) is 9.97 Å². The van der Waals surface area contributed by atoms with Crippen LogP contribution in [0.25, 0.3) is 10.9 Å². The average Bonchev–Trinajstić information content (AvgIpc) is 3.15. The molecule has 4 aromatic rings. The molecule has 0 aliphatic heterocycles. The topological polar surface area (TPSA) is 68.1 Å². The van der Waals surface area contributed by atoms with E-state index in [0.29, 0.717) is 16.0 Å². The Hall–Kier alpha value is -3.32. The van der Waals surface area contributed by atoms with Crippen LogP contribution in [0.1, 0.15) is 17.7 Å². The van der Waals surface area contributed by atoms with Crippen molar-refractivity contribution in [1.29, 1.82) is 0 Å². The second-order valence-corrected chi connectivity index (χ2v) is 7.64. The van der Waals surface area contributed by atoms with Gasteiger partial charge in [-0.15, -0.1) is 11.3 Å². The maximum Gasteiger partial charge on any atom is 0.261 e. The number of carbonyl (C=O) groups excluding carboxylic acids is 1. The molecule has 1 amide bonds. The van der Waals surface area contributed by atoms with Crippen LogP contribution in [0.4, 0.5) is 10.8 Å². The zero-order valence-electron chi connectivity index (χ0n) is 16.2. The van der Waals surface area contributed by atoms with Gasteiger partial charge >= 0.3 is 0 Å². The Morgan fingerprint density at radius 2 is 1.90 bits per heavy atom. The first-order chi connectivity index (χ1) is 14.0.